The van der Waals surface area contributed by atoms with Gasteiger partial charge in [-0.15, -0.1) is 0 Å². The molecule has 0 bridgehead atoms. The van der Waals surface area contributed by atoms with Crippen molar-refractivity contribution in [3.8, 4) is 11.5 Å². The molecule has 0 aliphatic carbocycles. The molecule has 0 unspecified atom stereocenters. The minimum Gasteiger partial charge on any atom is -0.493 e. The van der Waals surface area contributed by atoms with E-state index in [1.165, 1.54) is 25.3 Å². The lowest BCUT2D eigenvalue weighted by Gasteiger charge is -2.14. The molecule has 7 heteroatoms. The van der Waals surface area contributed by atoms with Gasteiger partial charge in [-0.05, 0) is 42.8 Å². The average molecular weight is 377 g/mol. The molecule has 0 saturated carbocycles. The minimum absolute atomic E-state index is 0.301. The molecule has 26 heavy (non-hydrogen) atoms. The van der Waals surface area contributed by atoms with Crippen LogP contribution < -0.4 is 20.5 Å². The molecule has 0 radical (unpaired) electrons. The van der Waals surface area contributed by atoms with Gasteiger partial charge in [-0.1, -0.05) is 24.9 Å². The zero-order valence-corrected chi connectivity index (χ0v) is 15.4. The van der Waals surface area contributed by atoms with Gasteiger partial charge in [0.2, 0.25) is 5.91 Å². The first-order valence-corrected chi connectivity index (χ1v) is 8.55. The molecule has 2 rings (SSSR count). The van der Waals surface area contributed by atoms with Crippen molar-refractivity contribution in [1.29, 1.82) is 0 Å². The molecule has 2 aromatic rings. The third-order valence-electron chi connectivity index (χ3n) is 3.66. The Morgan fingerprint density at radius 3 is 2.42 bits per heavy atom. The van der Waals surface area contributed by atoms with Crippen molar-refractivity contribution in [1.82, 2.24) is 0 Å². The van der Waals surface area contributed by atoms with Crippen molar-refractivity contribution < 1.29 is 19.1 Å². The zero-order chi connectivity index (χ0) is 19.1. The second kappa shape index (κ2) is 9.10. The highest BCUT2D eigenvalue weighted by Gasteiger charge is 2.16. The summed E-state index contributed by atoms with van der Waals surface area (Å²) >= 11 is 6.26. The Kier molecular flexibility index (Phi) is 6.86. The summed E-state index contributed by atoms with van der Waals surface area (Å²) < 4.78 is 11.0. The third kappa shape index (κ3) is 4.89. The predicted octanol–water partition coefficient (Wildman–Crippen LogP) is 3.88. The van der Waals surface area contributed by atoms with Crippen molar-refractivity contribution in [3.63, 3.8) is 0 Å². The first kappa shape index (κ1) is 19.6. The maximum absolute atomic E-state index is 12.5. The van der Waals surface area contributed by atoms with E-state index in [1.54, 1.807) is 18.2 Å². The van der Waals surface area contributed by atoms with Crippen molar-refractivity contribution in [3.05, 3.63) is 52.5 Å². The summed E-state index contributed by atoms with van der Waals surface area (Å²) in [6, 6.07) is 9.36. The molecule has 3 N–H and O–H groups in total. The normalized spacial score (nSPS) is 10.3. The number of unbranched alkanes of at least 4 members (excludes halogenated alkanes) is 1. The average Bonchev–Trinajstić information content (AvgIpc) is 2.63. The second-order valence-corrected chi connectivity index (χ2v) is 5.99. The summed E-state index contributed by atoms with van der Waals surface area (Å²) in [6.45, 7) is 2.58. The molecule has 0 aliphatic heterocycles. The number of hydrogen-bond acceptors (Lipinski definition) is 4. The Morgan fingerprint density at radius 2 is 1.85 bits per heavy atom. The molecule has 0 spiro atoms. The van der Waals surface area contributed by atoms with Gasteiger partial charge in [-0.25, -0.2) is 0 Å². The molecular weight excluding hydrogens is 356 g/mol. The van der Waals surface area contributed by atoms with Gasteiger partial charge in [-0.3, -0.25) is 9.59 Å². The van der Waals surface area contributed by atoms with E-state index in [0.717, 1.165) is 12.8 Å². The van der Waals surface area contributed by atoms with Crippen LogP contribution in [-0.4, -0.2) is 25.5 Å². The van der Waals surface area contributed by atoms with Crippen LogP contribution in [-0.2, 0) is 0 Å². The predicted molar refractivity (Wildman–Crippen MR) is 101 cm³/mol. The first-order chi connectivity index (χ1) is 12.5. The van der Waals surface area contributed by atoms with Crippen LogP contribution in [0.2, 0.25) is 5.02 Å². The van der Waals surface area contributed by atoms with Gasteiger partial charge in [0.05, 0.1) is 18.7 Å². The molecule has 0 atom stereocenters. The summed E-state index contributed by atoms with van der Waals surface area (Å²) in [7, 11) is 1.49. The molecule has 2 aromatic carbocycles. The number of benzene rings is 2. The highest BCUT2D eigenvalue weighted by Crippen LogP contribution is 2.36. The summed E-state index contributed by atoms with van der Waals surface area (Å²) in [4.78, 5) is 23.6. The lowest BCUT2D eigenvalue weighted by molar-refractivity contribution is 0.0998. The first-order valence-electron chi connectivity index (χ1n) is 8.17. The number of primary amides is 1. The Balaban J connectivity index is 2.17. The van der Waals surface area contributed by atoms with E-state index in [4.69, 9.17) is 26.8 Å². The molecule has 0 aromatic heterocycles. The Morgan fingerprint density at radius 1 is 1.15 bits per heavy atom. The van der Waals surface area contributed by atoms with Gasteiger partial charge < -0.3 is 20.5 Å². The fourth-order valence-electron chi connectivity index (χ4n) is 2.23. The number of nitrogens with one attached hydrogen (secondary N) is 1. The molecule has 138 valence electrons. The summed E-state index contributed by atoms with van der Waals surface area (Å²) in [5, 5.41) is 3.03. The Hall–Kier alpha value is -2.73. The van der Waals surface area contributed by atoms with Crippen molar-refractivity contribution in [2.75, 3.05) is 19.0 Å². The minimum atomic E-state index is -0.530. The lowest BCUT2D eigenvalue weighted by atomic mass is 10.1. The van der Waals surface area contributed by atoms with Crippen LogP contribution in [0.15, 0.2) is 36.4 Å². The topological polar surface area (TPSA) is 90.6 Å². The smallest absolute Gasteiger partial charge is 0.255 e. The number of carbonyl (C=O) groups excluding carboxylic acids is 2. The zero-order valence-electron chi connectivity index (χ0n) is 14.7. The monoisotopic (exact) mass is 376 g/mol. The SMILES string of the molecule is CCCCOc1c(Cl)cc(C(=O)Nc2ccc(C(N)=O)cc2)cc1OC. The number of halogens is 1. The van der Waals surface area contributed by atoms with Crippen LogP contribution in [0.25, 0.3) is 0 Å². The third-order valence-corrected chi connectivity index (χ3v) is 3.94. The van der Waals surface area contributed by atoms with Crippen LogP contribution in [0, 0.1) is 0 Å². The molecule has 2 amide bonds. The van der Waals surface area contributed by atoms with E-state index in [9.17, 15) is 9.59 Å². The van der Waals surface area contributed by atoms with Crippen LogP contribution in [0.1, 0.15) is 40.5 Å². The van der Waals surface area contributed by atoms with Gasteiger partial charge in [0, 0.05) is 16.8 Å². The maximum Gasteiger partial charge on any atom is 0.255 e. The van der Waals surface area contributed by atoms with Crippen LogP contribution in [0.5, 0.6) is 11.5 Å². The van der Waals surface area contributed by atoms with E-state index < -0.39 is 5.91 Å². The van der Waals surface area contributed by atoms with Crippen LogP contribution in [0.4, 0.5) is 5.69 Å². The van der Waals surface area contributed by atoms with Gasteiger partial charge >= 0.3 is 0 Å². The quantitative estimate of drug-likeness (QED) is 0.684. The van der Waals surface area contributed by atoms with Crippen molar-refractivity contribution in [2.45, 2.75) is 19.8 Å². The van der Waals surface area contributed by atoms with Crippen molar-refractivity contribution in [2.24, 2.45) is 5.73 Å². The molecule has 6 nitrogen and oxygen atoms in total. The number of carbonyl (C=O) groups is 2. The number of anilines is 1. The number of rotatable bonds is 8. The fourth-order valence-corrected chi connectivity index (χ4v) is 2.50. The van der Waals surface area contributed by atoms with E-state index in [2.05, 4.69) is 12.2 Å². The summed E-state index contributed by atoms with van der Waals surface area (Å²) in [6.07, 6.45) is 1.89. The highest BCUT2D eigenvalue weighted by atomic mass is 35.5. The van der Waals surface area contributed by atoms with Gasteiger partial charge in [-0.2, -0.15) is 0 Å². The van der Waals surface area contributed by atoms with E-state index in [-0.39, 0.29) is 5.91 Å². The van der Waals surface area contributed by atoms with Crippen LogP contribution in [0.3, 0.4) is 0 Å². The molecule has 0 fully saturated rings. The number of methoxy groups -OCH3 is 1. The number of amides is 2. The number of hydrogen-bond donors (Lipinski definition) is 2. The van der Waals surface area contributed by atoms with Crippen molar-refractivity contribution >= 4 is 29.1 Å². The molecule has 0 aliphatic rings. The van der Waals surface area contributed by atoms with Gasteiger partial charge in [0.1, 0.15) is 0 Å². The lowest BCUT2D eigenvalue weighted by Crippen LogP contribution is -2.14. The molecule has 0 saturated heterocycles. The highest BCUT2D eigenvalue weighted by molar-refractivity contribution is 6.32. The summed E-state index contributed by atoms with van der Waals surface area (Å²) in [5.41, 5.74) is 6.41. The number of nitrogens with two attached hydrogens (primary N) is 1. The summed E-state index contributed by atoms with van der Waals surface area (Å²) in [5.74, 6) is -0.0806. The second-order valence-electron chi connectivity index (χ2n) is 5.59. The Labute approximate surface area is 157 Å². The maximum atomic E-state index is 12.5. The van der Waals surface area contributed by atoms with E-state index in [1.807, 2.05) is 0 Å². The molecule has 0 heterocycles. The van der Waals surface area contributed by atoms with Gasteiger partial charge in [0.25, 0.3) is 5.91 Å². The largest absolute Gasteiger partial charge is 0.493 e. The Bertz CT molecular complexity index is 791. The van der Waals surface area contributed by atoms with Gasteiger partial charge in [0.15, 0.2) is 11.5 Å². The standard InChI is InChI=1S/C19H21ClN2O4/c1-3-4-9-26-17-15(20)10-13(11-16(17)25-2)19(24)22-14-7-5-12(6-8-14)18(21)23/h5-8,10-11H,3-4,9H2,1-2H3,(H2,21,23)(H,22,24). The van der Waals surface area contributed by atoms with E-state index in [0.29, 0.717) is 39.9 Å². The fraction of sp³-hybridized carbons (Fsp3) is 0.263. The van der Waals surface area contributed by atoms with E-state index >= 15 is 0 Å². The van der Waals surface area contributed by atoms with Crippen LogP contribution >= 0.6 is 11.6 Å². The molecular formula is C19H21ClN2O4. The number of ether oxygens (including phenoxy) is 2.